The minimum atomic E-state index is 0.154. The number of halogens is 1. The molecule has 2 atom stereocenters. The van der Waals surface area contributed by atoms with Crippen molar-refractivity contribution in [1.82, 2.24) is 0 Å². The summed E-state index contributed by atoms with van der Waals surface area (Å²) in [6, 6.07) is 7.83. The van der Waals surface area contributed by atoms with Crippen LogP contribution in [0.4, 0.5) is 0 Å². The minimum Gasteiger partial charge on any atom is -0.488 e. The van der Waals surface area contributed by atoms with Gasteiger partial charge in [0.15, 0.2) is 0 Å². The molecule has 0 spiro atoms. The third-order valence-corrected chi connectivity index (χ3v) is 2.55. The third-order valence-electron chi connectivity index (χ3n) is 2.02. The highest BCUT2D eigenvalue weighted by atomic mass is 79.9. The van der Waals surface area contributed by atoms with E-state index in [1.165, 1.54) is 0 Å². The van der Waals surface area contributed by atoms with Gasteiger partial charge in [-0.15, -0.1) is 0 Å². The molecule has 0 unspecified atom stereocenters. The first-order valence-corrected chi connectivity index (χ1v) is 5.09. The van der Waals surface area contributed by atoms with E-state index in [0.29, 0.717) is 6.10 Å². The number of ether oxygens (including phenoxy) is 2. The first kappa shape index (κ1) is 9.03. The fourth-order valence-electron chi connectivity index (χ4n) is 1.13. The van der Waals surface area contributed by atoms with Crippen LogP contribution in [0.5, 0.6) is 5.75 Å². The number of epoxide rings is 1. The molecule has 3 heteroatoms. The Morgan fingerprint density at radius 1 is 1.46 bits per heavy atom. The maximum Gasteiger partial charge on any atom is 0.124 e. The Morgan fingerprint density at radius 2 is 2.08 bits per heavy atom. The fraction of sp³-hybridized carbons (Fsp3) is 0.400. The van der Waals surface area contributed by atoms with E-state index >= 15 is 0 Å². The zero-order valence-corrected chi connectivity index (χ0v) is 8.95. The van der Waals surface area contributed by atoms with Crippen LogP contribution in [0.3, 0.4) is 0 Å². The Kier molecular flexibility index (Phi) is 2.56. The van der Waals surface area contributed by atoms with E-state index in [0.717, 1.165) is 16.8 Å². The minimum absolute atomic E-state index is 0.154. The highest BCUT2D eigenvalue weighted by molar-refractivity contribution is 9.10. The summed E-state index contributed by atoms with van der Waals surface area (Å²) in [5.74, 6) is 0.895. The molecular weight excluding hydrogens is 232 g/mol. The van der Waals surface area contributed by atoms with Gasteiger partial charge in [0.05, 0.1) is 6.61 Å². The van der Waals surface area contributed by atoms with Crippen LogP contribution >= 0.6 is 15.9 Å². The van der Waals surface area contributed by atoms with Gasteiger partial charge in [-0.25, -0.2) is 0 Å². The van der Waals surface area contributed by atoms with E-state index in [4.69, 9.17) is 9.47 Å². The molecule has 0 bridgehead atoms. The highest BCUT2D eigenvalue weighted by Crippen LogP contribution is 2.22. The van der Waals surface area contributed by atoms with E-state index in [1.807, 2.05) is 31.2 Å². The largest absolute Gasteiger partial charge is 0.488 e. The van der Waals surface area contributed by atoms with Crippen LogP contribution in [-0.2, 0) is 4.74 Å². The van der Waals surface area contributed by atoms with Crippen LogP contribution in [0.15, 0.2) is 28.7 Å². The smallest absolute Gasteiger partial charge is 0.124 e. The second-order valence-corrected chi connectivity index (χ2v) is 4.06. The Morgan fingerprint density at radius 3 is 2.62 bits per heavy atom. The van der Waals surface area contributed by atoms with Crippen molar-refractivity contribution >= 4 is 15.9 Å². The average Bonchev–Trinajstić information content (AvgIpc) is 2.91. The molecule has 13 heavy (non-hydrogen) atoms. The highest BCUT2D eigenvalue weighted by Gasteiger charge is 2.30. The SMILES string of the molecule is C[C@H](Oc1ccc(Br)cc1)[C@H]1CO1. The molecule has 1 saturated heterocycles. The van der Waals surface area contributed by atoms with E-state index in [2.05, 4.69) is 15.9 Å². The molecule has 0 amide bonds. The summed E-state index contributed by atoms with van der Waals surface area (Å²) in [6.07, 6.45) is 0.449. The molecule has 0 aromatic heterocycles. The van der Waals surface area contributed by atoms with Crippen molar-refractivity contribution in [2.45, 2.75) is 19.1 Å². The van der Waals surface area contributed by atoms with E-state index in [-0.39, 0.29) is 6.10 Å². The molecule has 0 radical (unpaired) electrons. The molecule has 1 aromatic rings. The lowest BCUT2D eigenvalue weighted by Crippen LogP contribution is -2.18. The zero-order chi connectivity index (χ0) is 9.26. The van der Waals surface area contributed by atoms with Gasteiger partial charge in [-0.1, -0.05) is 15.9 Å². The van der Waals surface area contributed by atoms with Crippen LogP contribution in [0.2, 0.25) is 0 Å². The number of hydrogen-bond donors (Lipinski definition) is 0. The predicted molar refractivity (Wildman–Crippen MR) is 54.0 cm³/mol. The lowest BCUT2D eigenvalue weighted by molar-refractivity contribution is 0.176. The first-order valence-electron chi connectivity index (χ1n) is 4.29. The van der Waals surface area contributed by atoms with Crippen LogP contribution in [0.25, 0.3) is 0 Å². The average molecular weight is 243 g/mol. The third kappa shape index (κ3) is 2.45. The Hall–Kier alpha value is -0.540. The van der Waals surface area contributed by atoms with Gasteiger partial charge in [-0.05, 0) is 31.2 Å². The monoisotopic (exact) mass is 242 g/mol. The summed E-state index contributed by atoms with van der Waals surface area (Å²) in [5, 5.41) is 0. The Labute approximate surface area is 86.0 Å². The molecule has 0 N–H and O–H groups in total. The maximum absolute atomic E-state index is 5.65. The van der Waals surface area contributed by atoms with Gasteiger partial charge in [0.25, 0.3) is 0 Å². The second-order valence-electron chi connectivity index (χ2n) is 3.15. The van der Waals surface area contributed by atoms with Crippen LogP contribution in [0.1, 0.15) is 6.92 Å². The van der Waals surface area contributed by atoms with Gasteiger partial charge in [-0.3, -0.25) is 0 Å². The summed E-state index contributed by atoms with van der Waals surface area (Å²) >= 11 is 3.37. The van der Waals surface area contributed by atoms with E-state index in [1.54, 1.807) is 0 Å². The van der Waals surface area contributed by atoms with Crippen molar-refractivity contribution in [3.05, 3.63) is 28.7 Å². The molecule has 1 fully saturated rings. The zero-order valence-electron chi connectivity index (χ0n) is 7.37. The van der Waals surface area contributed by atoms with Crippen molar-refractivity contribution in [1.29, 1.82) is 0 Å². The van der Waals surface area contributed by atoms with E-state index in [9.17, 15) is 0 Å². The molecule has 1 heterocycles. The lowest BCUT2D eigenvalue weighted by atomic mass is 10.3. The van der Waals surface area contributed by atoms with Gasteiger partial charge in [-0.2, -0.15) is 0 Å². The van der Waals surface area contributed by atoms with Gasteiger partial charge in [0.1, 0.15) is 18.0 Å². The number of benzene rings is 1. The van der Waals surface area contributed by atoms with Gasteiger partial charge in [0.2, 0.25) is 0 Å². The summed E-state index contributed by atoms with van der Waals surface area (Å²) < 4.78 is 11.8. The van der Waals surface area contributed by atoms with Gasteiger partial charge < -0.3 is 9.47 Å². The van der Waals surface area contributed by atoms with Crippen molar-refractivity contribution < 1.29 is 9.47 Å². The quantitative estimate of drug-likeness (QED) is 0.761. The Balaban J connectivity index is 1.96. The lowest BCUT2D eigenvalue weighted by Gasteiger charge is -2.11. The molecule has 1 aliphatic heterocycles. The van der Waals surface area contributed by atoms with Crippen molar-refractivity contribution in [3.63, 3.8) is 0 Å². The Bertz CT molecular complexity index is 279. The summed E-state index contributed by atoms with van der Waals surface area (Å²) in [4.78, 5) is 0. The molecule has 1 aromatic carbocycles. The molecule has 0 saturated carbocycles. The van der Waals surface area contributed by atoms with Gasteiger partial charge in [0, 0.05) is 4.47 Å². The molecule has 1 aliphatic rings. The first-order chi connectivity index (χ1) is 6.25. The van der Waals surface area contributed by atoms with Crippen LogP contribution < -0.4 is 4.74 Å². The molecule has 2 rings (SSSR count). The van der Waals surface area contributed by atoms with Crippen LogP contribution in [0, 0.1) is 0 Å². The summed E-state index contributed by atoms with van der Waals surface area (Å²) in [6.45, 7) is 2.86. The van der Waals surface area contributed by atoms with Gasteiger partial charge >= 0.3 is 0 Å². The maximum atomic E-state index is 5.65. The fourth-order valence-corrected chi connectivity index (χ4v) is 1.39. The molecular formula is C10H11BrO2. The van der Waals surface area contributed by atoms with Crippen LogP contribution in [-0.4, -0.2) is 18.8 Å². The molecule has 0 aliphatic carbocycles. The number of rotatable bonds is 3. The van der Waals surface area contributed by atoms with E-state index < -0.39 is 0 Å². The summed E-state index contributed by atoms with van der Waals surface area (Å²) in [7, 11) is 0. The van der Waals surface area contributed by atoms with Crippen molar-refractivity contribution in [2.75, 3.05) is 6.61 Å². The number of hydrogen-bond acceptors (Lipinski definition) is 2. The van der Waals surface area contributed by atoms with Crippen molar-refractivity contribution in [3.8, 4) is 5.75 Å². The molecule has 70 valence electrons. The topological polar surface area (TPSA) is 21.8 Å². The summed E-state index contributed by atoms with van der Waals surface area (Å²) in [5.41, 5.74) is 0. The standard InChI is InChI=1S/C10H11BrO2/c1-7(10-6-12-10)13-9-4-2-8(11)3-5-9/h2-5,7,10H,6H2,1H3/t7-,10+/m0/s1. The van der Waals surface area contributed by atoms with Crippen molar-refractivity contribution in [2.24, 2.45) is 0 Å². The molecule has 2 nitrogen and oxygen atoms in total. The predicted octanol–water partition coefficient (Wildman–Crippen LogP) is 2.62. The normalized spacial score (nSPS) is 22.5. The second kappa shape index (κ2) is 3.68.